The van der Waals surface area contributed by atoms with Gasteiger partial charge >= 0.3 is 0 Å². The van der Waals surface area contributed by atoms with Crippen molar-refractivity contribution < 1.29 is 9.18 Å². The summed E-state index contributed by atoms with van der Waals surface area (Å²) >= 11 is 0. The number of carbonyl (C=O) groups is 1. The Bertz CT molecular complexity index is 610. The van der Waals surface area contributed by atoms with Gasteiger partial charge in [0.25, 0.3) is 0 Å². The second kappa shape index (κ2) is 5.45. The molecule has 0 radical (unpaired) electrons. The third-order valence-corrected chi connectivity index (χ3v) is 3.67. The van der Waals surface area contributed by atoms with Crippen LogP contribution in [0.2, 0.25) is 0 Å². The number of benzene rings is 1. The van der Waals surface area contributed by atoms with Crippen molar-refractivity contribution in [3.63, 3.8) is 0 Å². The molecule has 0 bridgehead atoms. The smallest absolute Gasteiger partial charge is 0.226 e. The van der Waals surface area contributed by atoms with Gasteiger partial charge in [-0.3, -0.25) is 9.89 Å². The average Bonchev–Trinajstić information content (AvgIpc) is 2.92. The van der Waals surface area contributed by atoms with E-state index in [0.29, 0.717) is 0 Å². The summed E-state index contributed by atoms with van der Waals surface area (Å²) < 4.78 is 13.4. The van der Waals surface area contributed by atoms with Crippen LogP contribution in [0.5, 0.6) is 0 Å². The second-order valence-electron chi connectivity index (χ2n) is 5.11. The van der Waals surface area contributed by atoms with E-state index in [2.05, 4.69) is 15.5 Å². The molecule has 0 saturated heterocycles. The van der Waals surface area contributed by atoms with Crippen LogP contribution in [0, 0.1) is 5.82 Å². The SMILES string of the molecule is O=C(Cc1ccn[nH]1)N[C@@H]1CCCc2ccc(F)cc21. The van der Waals surface area contributed by atoms with E-state index in [1.165, 1.54) is 12.1 Å². The number of hydrogen-bond acceptors (Lipinski definition) is 2. The molecule has 104 valence electrons. The zero-order chi connectivity index (χ0) is 13.9. The minimum Gasteiger partial charge on any atom is -0.349 e. The number of aromatic nitrogens is 2. The topological polar surface area (TPSA) is 57.8 Å². The van der Waals surface area contributed by atoms with Crippen LogP contribution in [0.3, 0.4) is 0 Å². The molecule has 2 N–H and O–H groups in total. The van der Waals surface area contributed by atoms with Crippen molar-refractivity contribution in [1.29, 1.82) is 0 Å². The van der Waals surface area contributed by atoms with Crippen LogP contribution in [0.25, 0.3) is 0 Å². The zero-order valence-electron chi connectivity index (χ0n) is 11.0. The largest absolute Gasteiger partial charge is 0.349 e. The first-order valence-electron chi connectivity index (χ1n) is 6.78. The van der Waals surface area contributed by atoms with E-state index in [4.69, 9.17) is 0 Å². The van der Waals surface area contributed by atoms with E-state index in [1.54, 1.807) is 12.3 Å². The number of aryl methyl sites for hydroxylation is 1. The van der Waals surface area contributed by atoms with Crippen molar-refractivity contribution in [1.82, 2.24) is 15.5 Å². The lowest BCUT2D eigenvalue weighted by molar-refractivity contribution is -0.121. The summed E-state index contributed by atoms with van der Waals surface area (Å²) in [6, 6.07) is 6.51. The van der Waals surface area contributed by atoms with Crippen LogP contribution >= 0.6 is 0 Å². The highest BCUT2D eigenvalue weighted by Crippen LogP contribution is 2.30. The van der Waals surface area contributed by atoms with Gasteiger partial charge in [-0.05, 0) is 48.6 Å². The Morgan fingerprint density at radius 2 is 2.35 bits per heavy atom. The summed E-state index contributed by atoms with van der Waals surface area (Å²) in [5.41, 5.74) is 2.82. The quantitative estimate of drug-likeness (QED) is 0.901. The fraction of sp³-hybridized carbons (Fsp3) is 0.333. The molecule has 0 unspecified atom stereocenters. The van der Waals surface area contributed by atoms with Gasteiger partial charge in [0, 0.05) is 11.9 Å². The number of H-pyrrole nitrogens is 1. The molecule has 20 heavy (non-hydrogen) atoms. The van der Waals surface area contributed by atoms with Crippen LogP contribution in [0.1, 0.15) is 35.7 Å². The monoisotopic (exact) mass is 273 g/mol. The number of amides is 1. The van der Waals surface area contributed by atoms with Crippen molar-refractivity contribution in [2.45, 2.75) is 31.7 Å². The first-order valence-corrected chi connectivity index (χ1v) is 6.78. The highest BCUT2D eigenvalue weighted by molar-refractivity contribution is 5.78. The van der Waals surface area contributed by atoms with E-state index in [9.17, 15) is 9.18 Å². The number of fused-ring (bicyclic) bond motifs is 1. The van der Waals surface area contributed by atoms with Gasteiger partial charge in [-0.25, -0.2) is 4.39 Å². The lowest BCUT2D eigenvalue weighted by Crippen LogP contribution is -2.32. The molecule has 1 amide bonds. The molecular weight excluding hydrogens is 257 g/mol. The van der Waals surface area contributed by atoms with E-state index in [1.807, 2.05) is 6.07 Å². The molecule has 1 aliphatic rings. The van der Waals surface area contributed by atoms with Gasteiger partial charge in [-0.1, -0.05) is 6.07 Å². The molecule has 2 aromatic rings. The predicted molar refractivity (Wildman–Crippen MR) is 72.5 cm³/mol. The lowest BCUT2D eigenvalue weighted by Gasteiger charge is -2.26. The summed E-state index contributed by atoms with van der Waals surface area (Å²) in [5.74, 6) is -0.324. The first kappa shape index (κ1) is 12.8. The van der Waals surface area contributed by atoms with Crippen molar-refractivity contribution in [3.05, 3.63) is 53.1 Å². The van der Waals surface area contributed by atoms with Crippen LogP contribution in [-0.4, -0.2) is 16.1 Å². The Morgan fingerprint density at radius 1 is 1.45 bits per heavy atom. The highest BCUT2D eigenvalue weighted by Gasteiger charge is 2.22. The third-order valence-electron chi connectivity index (χ3n) is 3.67. The summed E-state index contributed by atoms with van der Waals surface area (Å²) in [4.78, 5) is 12.0. The molecule has 1 aromatic heterocycles. The second-order valence-corrected chi connectivity index (χ2v) is 5.11. The predicted octanol–water partition coefficient (Wildman–Crippen LogP) is 2.29. The molecule has 0 fully saturated rings. The van der Waals surface area contributed by atoms with E-state index < -0.39 is 0 Å². The first-order chi connectivity index (χ1) is 9.72. The average molecular weight is 273 g/mol. The molecule has 0 spiro atoms. The van der Waals surface area contributed by atoms with Gasteiger partial charge in [0.05, 0.1) is 12.5 Å². The number of aromatic amines is 1. The van der Waals surface area contributed by atoms with Gasteiger partial charge in [0.15, 0.2) is 0 Å². The van der Waals surface area contributed by atoms with Gasteiger partial charge in [-0.15, -0.1) is 0 Å². The number of nitrogens with zero attached hydrogens (tertiary/aromatic N) is 1. The molecule has 0 saturated carbocycles. The summed E-state index contributed by atoms with van der Waals surface area (Å²) in [6.07, 6.45) is 4.69. The van der Waals surface area contributed by atoms with Gasteiger partial charge in [0.1, 0.15) is 5.82 Å². The standard InChI is InChI=1S/C15H16FN3O/c16-11-5-4-10-2-1-3-14(13(10)8-11)18-15(20)9-12-6-7-17-19-12/h4-8,14H,1-3,9H2,(H,17,19)(H,18,20)/t14-/m1/s1. The minimum atomic E-state index is -0.251. The Kier molecular flexibility index (Phi) is 3.50. The molecule has 1 heterocycles. The highest BCUT2D eigenvalue weighted by atomic mass is 19.1. The van der Waals surface area contributed by atoms with E-state index in [0.717, 1.165) is 36.1 Å². The Labute approximate surface area is 116 Å². The molecule has 0 aliphatic heterocycles. The summed E-state index contributed by atoms with van der Waals surface area (Å²) in [6.45, 7) is 0. The van der Waals surface area contributed by atoms with E-state index in [-0.39, 0.29) is 24.2 Å². The number of carbonyl (C=O) groups excluding carboxylic acids is 1. The Balaban J connectivity index is 1.72. The normalized spacial score (nSPS) is 17.6. The third kappa shape index (κ3) is 2.71. The maximum absolute atomic E-state index is 13.4. The van der Waals surface area contributed by atoms with E-state index >= 15 is 0 Å². The van der Waals surface area contributed by atoms with Crippen LogP contribution in [-0.2, 0) is 17.6 Å². The Morgan fingerprint density at radius 3 is 3.15 bits per heavy atom. The number of nitrogens with one attached hydrogen (secondary N) is 2. The van der Waals surface area contributed by atoms with Crippen LogP contribution in [0.15, 0.2) is 30.5 Å². The van der Waals surface area contributed by atoms with Gasteiger partial charge in [0.2, 0.25) is 5.91 Å². The molecule has 1 atom stereocenters. The van der Waals surface area contributed by atoms with Crippen molar-refractivity contribution in [2.24, 2.45) is 0 Å². The minimum absolute atomic E-state index is 0.0728. The fourth-order valence-electron chi connectivity index (χ4n) is 2.72. The van der Waals surface area contributed by atoms with Gasteiger partial charge < -0.3 is 5.32 Å². The molecular formula is C15H16FN3O. The maximum Gasteiger partial charge on any atom is 0.226 e. The zero-order valence-corrected chi connectivity index (χ0v) is 11.0. The Hall–Kier alpha value is -2.17. The van der Waals surface area contributed by atoms with Crippen molar-refractivity contribution >= 4 is 5.91 Å². The summed E-state index contributed by atoms with van der Waals surface area (Å²) in [5, 5.41) is 9.56. The van der Waals surface area contributed by atoms with Crippen molar-refractivity contribution in [3.8, 4) is 0 Å². The van der Waals surface area contributed by atoms with Gasteiger partial charge in [-0.2, -0.15) is 5.10 Å². The van der Waals surface area contributed by atoms with Crippen molar-refractivity contribution in [2.75, 3.05) is 0 Å². The van der Waals surface area contributed by atoms with Crippen LogP contribution in [0.4, 0.5) is 4.39 Å². The summed E-state index contributed by atoms with van der Waals surface area (Å²) in [7, 11) is 0. The van der Waals surface area contributed by atoms with Crippen LogP contribution < -0.4 is 5.32 Å². The number of rotatable bonds is 3. The molecule has 1 aliphatic carbocycles. The number of hydrogen-bond donors (Lipinski definition) is 2. The maximum atomic E-state index is 13.4. The molecule has 5 heteroatoms. The lowest BCUT2D eigenvalue weighted by atomic mass is 9.87. The molecule has 1 aromatic carbocycles. The molecule has 3 rings (SSSR count). The number of halogens is 1. The fourth-order valence-corrected chi connectivity index (χ4v) is 2.72. The molecule has 4 nitrogen and oxygen atoms in total.